The van der Waals surface area contributed by atoms with Gasteiger partial charge in [0.25, 0.3) is 5.91 Å². The molecule has 0 saturated carbocycles. The molecule has 3 aromatic rings. The largest absolute Gasteiger partial charge is 0.438 e. The highest BCUT2D eigenvalue weighted by Crippen LogP contribution is 2.35. The molecule has 0 bridgehead atoms. The minimum Gasteiger partial charge on any atom is -0.438 e. The molecular formula is C27H27N3O5S. The molecule has 5 rings (SSSR count). The van der Waals surface area contributed by atoms with Crippen molar-refractivity contribution < 1.29 is 23.9 Å². The molecule has 186 valence electrons. The number of ether oxygens (including phenoxy) is 2. The lowest BCUT2D eigenvalue weighted by Crippen LogP contribution is -2.47. The molecule has 0 radical (unpaired) electrons. The highest BCUT2D eigenvalue weighted by molar-refractivity contribution is 7.12. The summed E-state index contributed by atoms with van der Waals surface area (Å²) in [6, 6.07) is 19.3. The van der Waals surface area contributed by atoms with Crippen LogP contribution in [-0.2, 0) is 20.8 Å². The van der Waals surface area contributed by atoms with E-state index in [-0.39, 0.29) is 24.5 Å². The zero-order chi connectivity index (χ0) is 24.9. The minimum absolute atomic E-state index is 0.0243. The molecule has 2 saturated heterocycles. The molecule has 0 spiro atoms. The predicted octanol–water partition coefficient (Wildman–Crippen LogP) is 4.36. The Balaban J connectivity index is 1.38. The maximum absolute atomic E-state index is 13.4. The average molecular weight is 506 g/mol. The van der Waals surface area contributed by atoms with Crippen LogP contribution in [0, 0.1) is 0 Å². The topological polar surface area (TPSA) is 97.0 Å². The van der Waals surface area contributed by atoms with Crippen molar-refractivity contribution >= 4 is 34.9 Å². The fraction of sp³-hybridized carbons (Fsp3) is 0.296. The van der Waals surface area contributed by atoms with Gasteiger partial charge in [-0.1, -0.05) is 48.5 Å². The molecule has 2 N–H and O–H groups in total. The van der Waals surface area contributed by atoms with Crippen LogP contribution < -0.4 is 10.6 Å². The van der Waals surface area contributed by atoms with Gasteiger partial charge in [-0.3, -0.25) is 14.5 Å². The monoisotopic (exact) mass is 505 g/mol. The number of nitrogens with zero attached hydrogens (tertiary/aromatic N) is 1. The summed E-state index contributed by atoms with van der Waals surface area (Å²) in [5.74, 6) is -0.521. The van der Waals surface area contributed by atoms with E-state index in [2.05, 4.69) is 10.6 Å². The van der Waals surface area contributed by atoms with Gasteiger partial charge in [-0.2, -0.15) is 0 Å². The highest BCUT2D eigenvalue weighted by Gasteiger charge is 2.47. The van der Waals surface area contributed by atoms with Crippen molar-refractivity contribution in [2.75, 3.05) is 18.5 Å². The maximum atomic E-state index is 13.4. The van der Waals surface area contributed by atoms with E-state index in [1.807, 2.05) is 41.8 Å². The summed E-state index contributed by atoms with van der Waals surface area (Å²) in [6.07, 6.45) is 0.448. The Morgan fingerprint density at radius 2 is 1.92 bits per heavy atom. The Morgan fingerprint density at radius 3 is 2.67 bits per heavy atom. The number of anilines is 1. The summed E-state index contributed by atoms with van der Waals surface area (Å²) in [4.78, 5) is 41.0. The highest BCUT2D eigenvalue weighted by atomic mass is 32.1. The van der Waals surface area contributed by atoms with Crippen LogP contribution in [0.3, 0.4) is 0 Å². The van der Waals surface area contributed by atoms with Gasteiger partial charge in [-0.05, 0) is 47.5 Å². The number of carbonyl (C=O) groups is 3. The third kappa shape index (κ3) is 5.42. The number of nitrogens with one attached hydrogen (secondary N) is 2. The first-order chi connectivity index (χ1) is 17.6. The first-order valence-corrected chi connectivity index (χ1v) is 12.8. The Hall–Kier alpha value is -3.69. The van der Waals surface area contributed by atoms with Crippen molar-refractivity contribution in [3.8, 4) is 0 Å². The van der Waals surface area contributed by atoms with Crippen LogP contribution in [0.5, 0.6) is 0 Å². The second-order valence-electron chi connectivity index (χ2n) is 8.80. The van der Waals surface area contributed by atoms with Gasteiger partial charge in [0.15, 0.2) is 12.1 Å². The van der Waals surface area contributed by atoms with Gasteiger partial charge >= 0.3 is 6.09 Å². The molecule has 2 aliphatic heterocycles. The van der Waals surface area contributed by atoms with Gasteiger partial charge in [-0.15, -0.1) is 11.3 Å². The van der Waals surface area contributed by atoms with Gasteiger partial charge in [-0.25, -0.2) is 4.79 Å². The van der Waals surface area contributed by atoms with Gasteiger partial charge in [0.1, 0.15) is 0 Å². The number of thiophene rings is 1. The fourth-order valence-electron chi connectivity index (χ4n) is 4.51. The van der Waals surface area contributed by atoms with Crippen molar-refractivity contribution in [1.29, 1.82) is 0 Å². The Bertz CT molecular complexity index is 1210. The molecule has 2 aromatic carbocycles. The number of benzene rings is 2. The molecular weight excluding hydrogens is 478 g/mol. The Morgan fingerprint density at radius 1 is 1.06 bits per heavy atom. The minimum atomic E-state index is -0.873. The van der Waals surface area contributed by atoms with Gasteiger partial charge in [0, 0.05) is 18.8 Å². The van der Waals surface area contributed by atoms with E-state index in [0.717, 1.165) is 18.4 Å². The molecule has 0 aliphatic carbocycles. The van der Waals surface area contributed by atoms with Crippen LogP contribution in [0.15, 0.2) is 72.1 Å². The zero-order valence-corrected chi connectivity index (χ0v) is 20.4. The second kappa shape index (κ2) is 10.9. The summed E-state index contributed by atoms with van der Waals surface area (Å²) in [7, 11) is 0. The van der Waals surface area contributed by atoms with Gasteiger partial charge < -0.3 is 20.1 Å². The first kappa shape index (κ1) is 24.0. The number of hydrogen-bond acceptors (Lipinski definition) is 6. The summed E-state index contributed by atoms with van der Waals surface area (Å²) >= 11 is 1.35. The Labute approximate surface area is 213 Å². The van der Waals surface area contributed by atoms with Crippen LogP contribution in [0.4, 0.5) is 10.5 Å². The molecule has 3 heterocycles. The predicted molar refractivity (Wildman–Crippen MR) is 136 cm³/mol. The lowest BCUT2D eigenvalue weighted by Gasteiger charge is -2.25. The van der Waals surface area contributed by atoms with E-state index in [4.69, 9.17) is 9.47 Å². The van der Waals surface area contributed by atoms with Crippen molar-refractivity contribution in [2.45, 2.75) is 37.6 Å². The number of rotatable bonds is 8. The number of amides is 3. The van der Waals surface area contributed by atoms with E-state index in [0.29, 0.717) is 29.3 Å². The summed E-state index contributed by atoms with van der Waals surface area (Å²) in [6.45, 7) is 1.31. The lowest BCUT2D eigenvalue weighted by molar-refractivity contribution is -0.126. The lowest BCUT2D eigenvalue weighted by atomic mass is 10.00. The van der Waals surface area contributed by atoms with E-state index < -0.39 is 18.2 Å². The summed E-state index contributed by atoms with van der Waals surface area (Å²) in [5, 5.41) is 7.68. The number of carbonyl (C=O) groups excluding carboxylic acids is 3. The number of hydrogen-bond donors (Lipinski definition) is 2. The summed E-state index contributed by atoms with van der Waals surface area (Å²) in [5.41, 5.74) is 2.08. The fourth-order valence-corrected chi connectivity index (χ4v) is 5.13. The first-order valence-electron chi connectivity index (χ1n) is 11.9. The smallest absolute Gasteiger partial charge is 0.411 e. The molecule has 8 nitrogen and oxygen atoms in total. The van der Waals surface area contributed by atoms with Crippen LogP contribution in [-0.4, -0.2) is 48.1 Å². The van der Waals surface area contributed by atoms with Crippen LogP contribution in [0.2, 0.25) is 0 Å². The molecule has 36 heavy (non-hydrogen) atoms. The van der Waals surface area contributed by atoms with E-state index in [1.165, 1.54) is 16.2 Å². The zero-order valence-electron chi connectivity index (χ0n) is 19.6. The molecule has 3 amide bonds. The number of cyclic esters (lactones) is 1. The Kier molecular flexibility index (Phi) is 7.29. The van der Waals surface area contributed by atoms with Crippen molar-refractivity contribution in [3.63, 3.8) is 0 Å². The summed E-state index contributed by atoms with van der Waals surface area (Å²) < 4.78 is 11.4. The molecule has 2 aliphatic rings. The van der Waals surface area contributed by atoms with Crippen LogP contribution in [0.25, 0.3) is 0 Å². The van der Waals surface area contributed by atoms with Gasteiger partial charge in [0.05, 0.1) is 17.5 Å². The van der Waals surface area contributed by atoms with Gasteiger partial charge in [0.2, 0.25) is 5.91 Å². The molecule has 3 atom stereocenters. The molecule has 1 aromatic heterocycles. The van der Waals surface area contributed by atoms with E-state index in [9.17, 15) is 14.4 Å². The van der Waals surface area contributed by atoms with Crippen molar-refractivity contribution in [2.24, 2.45) is 0 Å². The molecule has 2 fully saturated rings. The quantitative estimate of drug-likeness (QED) is 0.474. The normalized spacial score (nSPS) is 21.3. The average Bonchev–Trinajstić information content (AvgIpc) is 3.66. The maximum Gasteiger partial charge on any atom is 0.411 e. The van der Waals surface area contributed by atoms with E-state index in [1.54, 1.807) is 30.3 Å². The van der Waals surface area contributed by atoms with E-state index >= 15 is 0 Å². The third-order valence-electron chi connectivity index (χ3n) is 6.30. The molecule has 3 unspecified atom stereocenters. The van der Waals surface area contributed by atoms with Crippen LogP contribution in [0.1, 0.15) is 39.7 Å². The third-order valence-corrected chi connectivity index (χ3v) is 7.16. The SMILES string of the molecule is O=C(Nc1cccc(C2OC(=O)N(Cc3ccccc3)C2C(=O)NCC2CCCO2)c1)c1cccs1. The van der Waals surface area contributed by atoms with Crippen molar-refractivity contribution in [1.82, 2.24) is 10.2 Å². The van der Waals surface area contributed by atoms with Crippen LogP contribution >= 0.6 is 11.3 Å². The molecule has 9 heteroatoms. The van der Waals surface area contributed by atoms with Crippen molar-refractivity contribution in [3.05, 3.63) is 88.1 Å². The second-order valence-corrected chi connectivity index (χ2v) is 9.75. The standard InChI is InChI=1S/C27H27N3O5S/c31-25(22-12-6-14-36-22)29-20-10-4-9-19(15-20)24-23(26(32)28-16-21-11-5-13-34-21)30(27(33)35-24)17-18-7-2-1-3-8-18/h1-4,6-10,12,14-15,21,23-24H,5,11,13,16-17H2,(H,28,32)(H,29,31).